The predicted octanol–water partition coefficient (Wildman–Crippen LogP) is 4.62. The molecule has 0 amide bonds. The van der Waals surface area contributed by atoms with Crippen LogP contribution in [0.4, 0.5) is 0 Å². The van der Waals surface area contributed by atoms with Crippen molar-refractivity contribution < 1.29 is 0 Å². The van der Waals surface area contributed by atoms with Gasteiger partial charge in [-0.2, -0.15) is 0 Å². The molecule has 1 aromatic carbocycles. The Morgan fingerprint density at radius 3 is 2.22 bits per heavy atom. The van der Waals surface area contributed by atoms with E-state index in [1.165, 1.54) is 28.0 Å². The van der Waals surface area contributed by atoms with Crippen molar-refractivity contribution in [2.24, 2.45) is 5.73 Å². The van der Waals surface area contributed by atoms with Crippen LogP contribution in [0.5, 0.6) is 0 Å². The largest absolute Gasteiger partial charge is 0.320 e. The molecule has 1 aromatic heterocycles. The second-order valence-corrected chi connectivity index (χ2v) is 5.87. The first kappa shape index (κ1) is 13.3. The topological polar surface area (TPSA) is 26.0 Å². The van der Waals surface area contributed by atoms with Gasteiger partial charge in [-0.25, -0.2) is 0 Å². The van der Waals surface area contributed by atoms with Gasteiger partial charge in [-0.05, 0) is 47.4 Å². The number of aryl methyl sites for hydroxylation is 1. The van der Waals surface area contributed by atoms with E-state index < -0.39 is 0 Å². The lowest BCUT2D eigenvalue weighted by molar-refractivity contribution is 0.732. The highest BCUT2D eigenvalue weighted by molar-refractivity contribution is 7.10. The Morgan fingerprint density at radius 2 is 1.72 bits per heavy atom. The number of hydrogen-bond donors (Lipinski definition) is 1. The SMILES string of the molecule is CCC(C)c1ccc(C(N)c2sccc2C)cc1. The third-order valence-corrected chi connectivity index (χ3v) is 4.76. The van der Waals surface area contributed by atoms with E-state index >= 15 is 0 Å². The Bertz CT molecular complexity index is 498. The minimum atomic E-state index is 0.0102. The van der Waals surface area contributed by atoms with Gasteiger partial charge >= 0.3 is 0 Å². The van der Waals surface area contributed by atoms with Crippen LogP contribution < -0.4 is 5.73 Å². The Morgan fingerprint density at radius 1 is 1.11 bits per heavy atom. The van der Waals surface area contributed by atoms with E-state index in [2.05, 4.69) is 56.5 Å². The predicted molar refractivity (Wildman–Crippen MR) is 80.2 cm³/mol. The Labute approximate surface area is 114 Å². The molecule has 0 aliphatic rings. The first-order valence-electron chi connectivity index (χ1n) is 6.53. The van der Waals surface area contributed by atoms with Crippen molar-refractivity contribution in [2.75, 3.05) is 0 Å². The molecule has 0 aliphatic heterocycles. The summed E-state index contributed by atoms with van der Waals surface area (Å²) in [5.74, 6) is 0.624. The van der Waals surface area contributed by atoms with Crippen molar-refractivity contribution in [1.29, 1.82) is 0 Å². The standard InChI is InChI=1S/C16H21NS/c1-4-11(2)13-5-7-14(8-6-13)15(17)16-12(3)9-10-18-16/h5-11,15H,4,17H2,1-3H3. The summed E-state index contributed by atoms with van der Waals surface area (Å²) in [5, 5.41) is 2.11. The summed E-state index contributed by atoms with van der Waals surface area (Å²) in [5.41, 5.74) is 10.2. The summed E-state index contributed by atoms with van der Waals surface area (Å²) in [6.07, 6.45) is 1.18. The third kappa shape index (κ3) is 2.65. The maximum atomic E-state index is 6.33. The highest BCUT2D eigenvalue weighted by Gasteiger charge is 2.13. The maximum absolute atomic E-state index is 6.33. The van der Waals surface area contributed by atoms with Gasteiger partial charge in [0.2, 0.25) is 0 Å². The Kier molecular flexibility index (Phi) is 4.20. The van der Waals surface area contributed by atoms with Gasteiger partial charge in [0.1, 0.15) is 0 Å². The first-order chi connectivity index (χ1) is 8.63. The molecule has 0 bridgehead atoms. The van der Waals surface area contributed by atoms with E-state index in [0.717, 1.165) is 0 Å². The van der Waals surface area contributed by atoms with E-state index in [4.69, 9.17) is 5.73 Å². The Hall–Kier alpha value is -1.12. The van der Waals surface area contributed by atoms with Gasteiger partial charge in [-0.3, -0.25) is 0 Å². The average molecular weight is 259 g/mol. The van der Waals surface area contributed by atoms with Gasteiger partial charge in [0.05, 0.1) is 6.04 Å². The minimum absolute atomic E-state index is 0.0102. The van der Waals surface area contributed by atoms with Crippen molar-refractivity contribution in [3.63, 3.8) is 0 Å². The van der Waals surface area contributed by atoms with Crippen LogP contribution in [0.15, 0.2) is 35.7 Å². The van der Waals surface area contributed by atoms with E-state index in [0.29, 0.717) is 5.92 Å². The second-order valence-electron chi connectivity index (χ2n) is 4.92. The van der Waals surface area contributed by atoms with E-state index in [1.807, 2.05) is 0 Å². The van der Waals surface area contributed by atoms with Gasteiger partial charge in [-0.1, -0.05) is 38.1 Å². The van der Waals surface area contributed by atoms with E-state index in [9.17, 15) is 0 Å². The van der Waals surface area contributed by atoms with Gasteiger partial charge in [0.25, 0.3) is 0 Å². The van der Waals surface area contributed by atoms with Crippen LogP contribution in [0.3, 0.4) is 0 Å². The fourth-order valence-corrected chi connectivity index (χ4v) is 3.08. The number of thiophene rings is 1. The number of nitrogens with two attached hydrogens (primary N) is 1. The lowest BCUT2D eigenvalue weighted by Gasteiger charge is -2.14. The third-order valence-electron chi connectivity index (χ3n) is 3.66. The van der Waals surface area contributed by atoms with Gasteiger partial charge < -0.3 is 5.73 Å². The summed E-state index contributed by atoms with van der Waals surface area (Å²) < 4.78 is 0. The summed E-state index contributed by atoms with van der Waals surface area (Å²) >= 11 is 1.74. The van der Waals surface area contributed by atoms with E-state index in [-0.39, 0.29) is 6.04 Å². The molecule has 0 radical (unpaired) electrons. The summed E-state index contributed by atoms with van der Waals surface area (Å²) in [4.78, 5) is 1.27. The minimum Gasteiger partial charge on any atom is -0.320 e. The van der Waals surface area contributed by atoms with Crippen LogP contribution in [0, 0.1) is 6.92 Å². The second kappa shape index (κ2) is 5.68. The van der Waals surface area contributed by atoms with Crippen LogP contribution in [-0.4, -0.2) is 0 Å². The smallest absolute Gasteiger partial charge is 0.0648 e. The number of hydrogen-bond acceptors (Lipinski definition) is 2. The molecule has 0 saturated carbocycles. The number of rotatable bonds is 4. The fraction of sp³-hybridized carbons (Fsp3) is 0.375. The summed E-state index contributed by atoms with van der Waals surface area (Å²) in [6.45, 7) is 6.61. The molecule has 1 nitrogen and oxygen atoms in total. The lowest BCUT2D eigenvalue weighted by Crippen LogP contribution is -2.11. The molecule has 2 heteroatoms. The summed E-state index contributed by atoms with van der Waals surface area (Å²) in [7, 11) is 0. The zero-order valence-corrected chi connectivity index (χ0v) is 12.1. The van der Waals surface area contributed by atoms with Crippen molar-refractivity contribution in [1.82, 2.24) is 0 Å². The molecular formula is C16H21NS. The molecule has 0 saturated heterocycles. The molecule has 0 aliphatic carbocycles. The molecule has 18 heavy (non-hydrogen) atoms. The van der Waals surface area contributed by atoms with Crippen molar-refractivity contribution in [3.05, 3.63) is 57.3 Å². The normalized spacial score (nSPS) is 14.4. The molecule has 2 unspecified atom stereocenters. The van der Waals surface area contributed by atoms with Crippen molar-refractivity contribution in [3.8, 4) is 0 Å². The van der Waals surface area contributed by atoms with Crippen LogP contribution in [-0.2, 0) is 0 Å². The monoisotopic (exact) mass is 259 g/mol. The quantitative estimate of drug-likeness (QED) is 0.852. The average Bonchev–Trinajstić information content (AvgIpc) is 2.83. The van der Waals surface area contributed by atoms with Crippen LogP contribution in [0.2, 0.25) is 0 Å². The van der Waals surface area contributed by atoms with Crippen molar-refractivity contribution in [2.45, 2.75) is 39.2 Å². The van der Waals surface area contributed by atoms with Crippen LogP contribution in [0.25, 0.3) is 0 Å². The van der Waals surface area contributed by atoms with Crippen LogP contribution in [0.1, 0.15) is 53.8 Å². The molecular weight excluding hydrogens is 238 g/mol. The van der Waals surface area contributed by atoms with E-state index in [1.54, 1.807) is 11.3 Å². The van der Waals surface area contributed by atoms with Crippen molar-refractivity contribution >= 4 is 11.3 Å². The number of benzene rings is 1. The van der Waals surface area contributed by atoms with Gasteiger partial charge in [-0.15, -0.1) is 11.3 Å². The molecule has 2 rings (SSSR count). The zero-order chi connectivity index (χ0) is 13.1. The van der Waals surface area contributed by atoms with Crippen LogP contribution >= 0.6 is 11.3 Å². The highest BCUT2D eigenvalue weighted by atomic mass is 32.1. The summed E-state index contributed by atoms with van der Waals surface area (Å²) in [6, 6.07) is 10.9. The lowest BCUT2D eigenvalue weighted by atomic mass is 9.95. The van der Waals surface area contributed by atoms with Gasteiger partial charge in [0.15, 0.2) is 0 Å². The van der Waals surface area contributed by atoms with Gasteiger partial charge in [0, 0.05) is 4.88 Å². The maximum Gasteiger partial charge on any atom is 0.0648 e. The molecule has 2 aromatic rings. The molecule has 0 spiro atoms. The molecule has 1 heterocycles. The molecule has 2 atom stereocenters. The Balaban J connectivity index is 2.22. The zero-order valence-electron chi connectivity index (χ0n) is 11.3. The molecule has 96 valence electrons. The highest BCUT2D eigenvalue weighted by Crippen LogP contribution is 2.28. The molecule has 0 fully saturated rings. The fourth-order valence-electron chi connectivity index (χ4n) is 2.12. The molecule has 2 N–H and O–H groups in total. The first-order valence-corrected chi connectivity index (χ1v) is 7.40.